The Hall–Kier alpha value is -0.870. The molecule has 4 nitrogen and oxygen atoms in total. The zero-order chi connectivity index (χ0) is 14.3. The van der Waals surface area contributed by atoms with E-state index in [0.29, 0.717) is 5.57 Å². The predicted octanol–water partition coefficient (Wildman–Crippen LogP) is 2.63. The molecule has 18 heavy (non-hydrogen) atoms. The Morgan fingerprint density at radius 1 is 1.17 bits per heavy atom. The monoisotopic (exact) mass is 257 g/mol. The molecule has 1 N–H and O–H groups in total. The van der Waals surface area contributed by atoms with E-state index in [1.54, 1.807) is 6.92 Å². The van der Waals surface area contributed by atoms with Crippen LogP contribution in [0.1, 0.15) is 48.0 Å². The summed E-state index contributed by atoms with van der Waals surface area (Å²) >= 11 is 0. The molecule has 0 saturated carbocycles. The van der Waals surface area contributed by atoms with Crippen LogP contribution in [0.3, 0.4) is 0 Å². The standard InChI is InChI=1S/C14H27NO3/c1-8-12(15-13(16)9(2)3)14(17-10(4)5)18-11(6)7/h10-12,14H,2,8H2,1,3-7H3,(H,15,16). The van der Waals surface area contributed by atoms with Crippen molar-refractivity contribution in [3.05, 3.63) is 12.2 Å². The third-order valence-electron chi connectivity index (χ3n) is 2.29. The Morgan fingerprint density at radius 3 is 1.89 bits per heavy atom. The molecule has 1 amide bonds. The zero-order valence-electron chi connectivity index (χ0n) is 12.4. The van der Waals surface area contributed by atoms with Gasteiger partial charge in [-0.05, 0) is 41.0 Å². The largest absolute Gasteiger partial charge is 0.348 e. The third kappa shape index (κ3) is 6.77. The fraction of sp³-hybridized carbons (Fsp3) is 0.786. The Balaban J connectivity index is 4.68. The van der Waals surface area contributed by atoms with Crippen LogP contribution in [-0.2, 0) is 14.3 Å². The van der Waals surface area contributed by atoms with Crippen LogP contribution in [0.25, 0.3) is 0 Å². The Kier molecular flexibility index (Phi) is 7.87. The smallest absolute Gasteiger partial charge is 0.246 e. The molecule has 0 aromatic carbocycles. The average molecular weight is 257 g/mol. The van der Waals surface area contributed by atoms with Crippen molar-refractivity contribution in [2.24, 2.45) is 0 Å². The number of rotatable bonds is 8. The second-order valence-corrected chi connectivity index (χ2v) is 5.01. The van der Waals surface area contributed by atoms with Crippen LogP contribution in [-0.4, -0.2) is 30.4 Å². The van der Waals surface area contributed by atoms with Crippen molar-refractivity contribution in [1.29, 1.82) is 0 Å². The molecule has 0 aliphatic heterocycles. The molecule has 0 aliphatic rings. The molecule has 1 atom stereocenters. The lowest BCUT2D eigenvalue weighted by atomic mass is 10.2. The second-order valence-electron chi connectivity index (χ2n) is 5.01. The number of ether oxygens (including phenoxy) is 2. The Bertz CT molecular complexity index is 264. The number of hydrogen-bond acceptors (Lipinski definition) is 3. The van der Waals surface area contributed by atoms with Crippen LogP contribution >= 0.6 is 0 Å². The number of amides is 1. The van der Waals surface area contributed by atoms with Crippen molar-refractivity contribution in [3.63, 3.8) is 0 Å². The van der Waals surface area contributed by atoms with E-state index in [9.17, 15) is 4.79 Å². The molecule has 0 saturated heterocycles. The summed E-state index contributed by atoms with van der Waals surface area (Å²) in [5, 5.41) is 2.89. The molecule has 0 heterocycles. The lowest BCUT2D eigenvalue weighted by molar-refractivity contribution is -0.196. The molecule has 0 aromatic heterocycles. The van der Waals surface area contributed by atoms with Crippen LogP contribution < -0.4 is 5.32 Å². The molecule has 106 valence electrons. The van der Waals surface area contributed by atoms with Gasteiger partial charge in [0.15, 0.2) is 6.29 Å². The van der Waals surface area contributed by atoms with Gasteiger partial charge in [-0.15, -0.1) is 0 Å². The van der Waals surface area contributed by atoms with Gasteiger partial charge in [0.05, 0.1) is 18.2 Å². The number of carbonyl (C=O) groups excluding carboxylic acids is 1. The molecule has 0 aliphatic carbocycles. The molecular formula is C14H27NO3. The summed E-state index contributed by atoms with van der Waals surface area (Å²) in [6.45, 7) is 15.1. The maximum absolute atomic E-state index is 11.7. The predicted molar refractivity (Wildman–Crippen MR) is 73.3 cm³/mol. The molecule has 0 rings (SSSR count). The Morgan fingerprint density at radius 2 is 1.61 bits per heavy atom. The van der Waals surface area contributed by atoms with Gasteiger partial charge in [0, 0.05) is 5.57 Å². The average Bonchev–Trinajstić information content (AvgIpc) is 2.22. The van der Waals surface area contributed by atoms with Crippen LogP contribution in [0, 0.1) is 0 Å². The number of carbonyl (C=O) groups is 1. The molecule has 0 spiro atoms. The lowest BCUT2D eigenvalue weighted by Gasteiger charge is -2.30. The molecule has 0 radical (unpaired) electrons. The second kappa shape index (κ2) is 8.27. The minimum Gasteiger partial charge on any atom is -0.348 e. The number of nitrogens with one attached hydrogen (secondary N) is 1. The first-order chi connectivity index (χ1) is 8.27. The van der Waals surface area contributed by atoms with Gasteiger partial charge >= 0.3 is 0 Å². The molecule has 0 bridgehead atoms. The summed E-state index contributed by atoms with van der Waals surface area (Å²) in [6, 6.07) is -0.168. The maximum Gasteiger partial charge on any atom is 0.246 e. The highest BCUT2D eigenvalue weighted by atomic mass is 16.7. The topological polar surface area (TPSA) is 47.6 Å². The molecular weight excluding hydrogens is 230 g/mol. The molecule has 0 aromatic rings. The summed E-state index contributed by atoms with van der Waals surface area (Å²) in [5.74, 6) is -0.161. The first-order valence-corrected chi connectivity index (χ1v) is 6.55. The molecule has 1 unspecified atom stereocenters. The van der Waals surface area contributed by atoms with Gasteiger partial charge < -0.3 is 14.8 Å². The first kappa shape index (κ1) is 17.1. The summed E-state index contributed by atoms with van der Waals surface area (Å²) < 4.78 is 11.5. The zero-order valence-corrected chi connectivity index (χ0v) is 12.4. The van der Waals surface area contributed by atoms with Gasteiger partial charge in [-0.2, -0.15) is 0 Å². The first-order valence-electron chi connectivity index (χ1n) is 6.55. The normalized spacial score (nSPS) is 13.2. The van der Waals surface area contributed by atoms with Gasteiger partial charge in [-0.1, -0.05) is 13.5 Å². The van der Waals surface area contributed by atoms with E-state index in [2.05, 4.69) is 11.9 Å². The highest BCUT2D eigenvalue weighted by Gasteiger charge is 2.25. The van der Waals surface area contributed by atoms with E-state index in [0.717, 1.165) is 6.42 Å². The van der Waals surface area contributed by atoms with Crippen molar-refractivity contribution < 1.29 is 14.3 Å². The van der Waals surface area contributed by atoms with Crippen LogP contribution in [0.5, 0.6) is 0 Å². The summed E-state index contributed by atoms with van der Waals surface area (Å²) in [7, 11) is 0. The van der Waals surface area contributed by atoms with E-state index < -0.39 is 6.29 Å². The van der Waals surface area contributed by atoms with Crippen LogP contribution in [0.4, 0.5) is 0 Å². The minimum absolute atomic E-state index is 0.0459. The summed E-state index contributed by atoms with van der Waals surface area (Å²) in [5.41, 5.74) is 0.487. The van der Waals surface area contributed by atoms with E-state index >= 15 is 0 Å². The molecule has 4 heteroatoms. The van der Waals surface area contributed by atoms with Crippen molar-refractivity contribution >= 4 is 5.91 Å². The summed E-state index contributed by atoms with van der Waals surface area (Å²) in [6.07, 6.45) is 0.399. The fourth-order valence-electron chi connectivity index (χ4n) is 1.41. The van der Waals surface area contributed by atoms with Gasteiger partial charge in [-0.3, -0.25) is 4.79 Å². The van der Waals surface area contributed by atoms with Gasteiger partial charge in [0.1, 0.15) is 0 Å². The van der Waals surface area contributed by atoms with Crippen molar-refractivity contribution in [2.45, 2.75) is 72.5 Å². The van der Waals surface area contributed by atoms with Gasteiger partial charge in [0.2, 0.25) is 5.91 Å². The molecule has 0 fully saturated rings. The van der Waals surface area contributed by atoms with E-state index in [-0.39, 0.29) is 24.2 Å². The van der Waals surface area contributed by atoms with E-state index in [1.807, 2.05) is 34.6 Å². The Labute approximate surface area is 111 Å². The highest BCUT2D eigenvalue weighted by Crippen LogP contribution is 2.12. The van der Waals surface area contributed by atoms with Crippen molar-refractivity contribution in [2.75, 3.05) is 0 Å². The van der Waals surface area contributed by atoms with E-state index in [1.165, 1.54) is 0 Å². The lowest BCUT2D eigenvalue weighted by Crippen LogP contribution is -2.47. The maximum atomic E-state index is 11.7. The van der Waals surface area contributed by atoms with E-state index in [4.69, 9.17) is 9.47 Å². The third-order valence-corrected chi connectivity index (χ3v) is 2.29. The van der Waals surface area contributed by atoms with Crippen LogP contribution in [0.15, 0.2) is 12.2 Å². The highest BCUT2D eigenvalue weighted by molar-refractivity contribution is 5.92. The number of hydrogen-bond donors (Lipinski definition) is 1. The van der Waals surface area contributed by atoms with Gasteiger partial charge in [0.25, 0.3) is 0 Å². The summed E-state index contributed by atoms with van der Waals surface area (Å²) in [4.78, 5) is 11.7. The van der Waals surface area contributed by atoms with Gasteiger partial charge in [-0.25, -0.2) is 0 Å². The fourth-order valence-corrected chi connectivity index (χ4v) is 1.41. The van der Waals surface area contributed by atoms with Crippen molar-refractivity contribution in [3.8, 4) is 0 Å². The van der Waals surface area contributed by atoms with Crippen LogP contribution in [0.2, 0.25) is 0 Å². The van der Waals surface area contributed by atoms with Crippen molar-refractivity contribution in [1.82, 2.24) is 5.32 Å². The SMILES string of the molecule is C=C(C)C(=O)NC(CC)C(OC(C)C)OC(C)C. The minimum atomic E-state index is -0.432. The quantitative estimate of drug-likeness (QED) is 0.537.